The largest absolute Gasteiger partial charge is 0.333 e. The Morgan fingerprint density at radius 1 is 1.22 bits per heavy atom. The Kier molecular flexibility index (Phi) is 7.65. The number of aryl methyl sites for hydroxylation is 2. The Bertz CT molecular complexity index is 634. The molecule has 1 aromatic carbocycles. The fourth-order valence-electron chi connectivity index (χ4n) is 2.34. The van der Waals surface area contributed by atoms with Crippen LogP contribution in [0.3, 0.4) is 0 Å². The first-order valence-corrected chi connectivity index (χ1v) is 7.52. The lowest BCUT2D eigenvalue weighted by molar-refractivity contribution is 0.0746. The zero-order chi connectivity index (χ0) is 15.9. The molecule has 0 bridgehead atoms. The van der Waals surface area contributed by atoms with Crippen LogP contribution in [-0.4, -0.2) is 34.1 Å². The van der Waals surface area contributed by atoms with Crippen molar-refractivity contribution in [2.24, 2.45) is 5.73 Å². The van der Waals surface area contributed by atoms with Crippen LogP contribution in [0.15, 0.2) is 36.4 Å². The molecule has 1 aromatic heterocycles. The molecular weight excluding hydrogens is 312 g/mol. The van der Waals surface area contributed by atoms with Crippen molar-refractivity contribution in [3.05, 3.63) is 58.9 Å². The lowest BCUT2D eigenvalue weighted by Gasteiger charge is -2.23. The predicted octanol–water partition coefficient (Wildman–Crippen LogP) is 2.37. The van der Waals surface area contributed by atoms with Crippen molar-refractivity contribution >= 4 is 18.3 Å². The van der Waals surface area contributed by atoms with Crippen LogP contribution in [0.2, 0.25) is 0 Å². The Balaban J connectivity index is 0.00000264. The number of amides is 1. The van der Waals surface area contributed by atoms with Gasteiger partial charge in [0.2, 0.25) is 0 Å². The highest BCUT2D eigenvalue weighted by molar-refractivity contribution is 5.95. The number of carbonyl (C=O) groups is 1. The van der Waals surface area contributed by atoms with Crippen molar-refractivity contribution in [2.75, 3.05) is 13.1 Å². The summed E-state index contributed by atoms with van der Waals surface area (Å²) in [4.78, 5) is 14.6. The van der Waals surface area contributed by atoms with Crippen molar-refractivity contribution in [1.82, 2.24) is 15.1 Å². The quantitative estimate of drug-likeness (QED) is 0.880. The highest BCUT2D eigenvalue weighted by Gasteiger charge is 2.19. The summed E-state index contributed by atoms with van der Waals surface area (Å²) in [6, 6.07) is 11.7. The molecule has 2 aromatic rings. The molecule has 2 rings (SSSR count). The second kappa shape index (κ2) is 9.22. The van der Waals surface area contributed by atoms with Gasteiger partial charge in [-0.1, -0.05) is 37.3 Å². The summed E-state index contributed by atoms with van der Waals surface area (Å²) in [6.45, 7) is 5.30. The van der Waals surface area contributed by atoms with E-state index >= 15 is 0 Å². The Morgan fingerprint density at radius 3 is 2.52 bits per heavy atom. The molecule has 0 aliphatic carbocycles. The molecule has 0 atom stereocenters. The summed E-state index contributed by atoms with van der Waals surface area (Å²) in [6.07, 6.45) is 0.677. The normalized spacial score (nSPS) is 10.0. The molecule has 1 heterocycles. The van der Waals surface area contributed by atoms with E-state index in [0.717, 1.165) is 17.0 Å². The third-order valence-corrected chi connectivity index (χ3v) is 3.46. The Morgan fingerprint density at radius 2 is 1.91 bits per heavy atom. The topological polar surface area (TPSA) is 72.1 Å². The number of carbonyl (C=O) groups excluding carboxylic acids is 1. The molecule has 1 amide bonds. The van der Waals surface area contributed by atoms with Gasteiger partial charge in [-0.05, 0) is 25.0 Å². The first-order valence-electron chi connectivity index (χ1n) is 7.52. The first-order chi connectivity index (χ1) is 10.7. The number of rotatable bonds is 6. The molecule has 2 N–H and O–H groups in total. The van der Waals surface area contributed by atoms with E-state index in [1.54, 1.807) is 4.90 Å². The minimum atomic E-state index is -0.0378. The van der Waals surface area contributed by atoms with Crippen molar-refractivity contribution in [2.45, 2.75) is 26.8 Å². The SMILES string of the molecule is CCc1nnc(C)cc1C(=O)N(CCN)Cc1ccccc1.Cl. The molecule has 0 aliphatic heterocycles. The molecule has 0 saturated carbocycles. The van der Waals surface area contributed by atoms with E-state index < -0.39 is 0 Å². The molecule has 0 saturated heterocycles. The third-order valence-electron chi connectivity index (χ3n) is 3.46. The standard InChI is InChI=1S/C17H22N4O.ClH/c1-3-16-15(11-13(2)19-20-16)17(22)21(10-9-18)12-14-7-5-4-6-8-14;/h4-8,11H,3,9-10,12,18H2,1-2H3;1H. The molecule has 6 heteroatoms. The maximum atomic E-state index is 12.9. The van der Waals surface area contributed by atoms with Crippen LogP contribution in [0, 0.1) is 6.92 Å². The van der Waals surface area contributed by atoms with E-state index in [-0.39, 0.29) is 18.3 Å². The van der Waals surface area contributed by atoms with Gasteiger partial charge in [-0.25, -0.2) is 0 Å². The van der Waals surface area contributed by atoms with E-state index in [0.29, 0.717) is 31.6 Å². The van der Waals surface area contributed by atoms with E-state index in [1.165, 1.54) is 0 Å². The number of hydrogen-bond acceptors (Lipinski definition) is 4. The van der Waals surface area contributed by atoms with Crippen molar-refractivity contribution in [3.8, 4) is 0 Å². The number of hydrogen-bond donors (Lipinski definition) is 1. The molecule has 0 radical (unpaired) electrons. The van der Waals surface area contributed by atoms with Crippen LogP contribution >= 0.6 is 12.4 Å². The number of nitrogens with two attached hydrogens (primary N) is 1. The van der Waals surface area contributed by atoms with Gasteiger partial charge in [0.15, 0.2) is 0 Å². The highest BCUT2D eigenvalue weighted by Crippen LogP contribution is 2.13. The van der Waals surface area contributed by atoms with Crippen LogP contribution in [0.25, 0.3) is 0 Å². The smallest absolute Gasteiger partial charge is 0.256 e. The monoisotopic (exact) mass is 334 g/mol. The summed E-state index contributed by atoms with van der Waals surface area (Å²) in [5.41, 5.74) is 8.86. The maximum Gasteiger partial charge on any atom is 0.256 e. The van der Waals surface area contributed by atoms with Gasteiger partial charge in [0.1, 0.15) is 0 Å². The number of nitrogens with zero attached hydrogens (tertiary/aromatic N) is 3. The molecule has 23 heavy (non-hydrogen) atoms. The zero-order valence-electron chi connectivity index (χ0n) is 13.5. The summed E-state index contributed by atoms with van der Waals surface area (Å²) in [7, 11) is 0. The van der Waals surface area contributed by atoms with Gasteiger partial charge >= 0.3 is 0 Å². The van der Waals surface area contributed by atoms with Crippen molar-refractivity contribution in [1.29, 1.82) is 0 Å². The van der Waals surface area contributed by atoms with Crippen molar-refractivity contribution < 1.29 is 4.79 Å². The van der Waals surface area contributed by atoms with Gasteiger partial charge in [0.05, 0.1) is 17.0 Å². The second-order valence-corrected chi connectivity index (χ2v) is 5.20. The van der Waals surface area contributed by atoms with Gasteiger partial charge < -0.3 is 10.6 Å². The van der Waals surface area contributed by atoms with Crippen molar-refractivity contribution in [3.63, 3.8) is 0 Å². The average molecular weight is 335 g/mol. The van der Waals surface area contributed by atoms with E-state index in [9.17, 15) is 4.79 Å². The van der Waals surface area contributed by atoms with Crippen LogP contribution in [-0.2, 0) is 13.0 Å². The Labute approximate surface area is 143 Å². The third kappa shape index (κ3) is 5.01. The number of halogens is 1. The highest BCUT2D eigenvalue weighted by atomic mass is 35.5. The van der Waals surface area contributed by atoms with Gasteiger partial charge in [-0.3, -0.25) is 4.79 Å². The molecular formula is C17H23ClN4O. The molecule has 0 spiro atoms. The molecule has 0 fully saturated rings. The zero-order valence-corrected chi connectivity index (χ0v) is 14.3. The molecule has 0 unspecified atom stereocenters. The van der Waals surface area contributed by atoms with Gasteiger partial charge in [-0.2, -0.15) is 10.2 Å². The molecule has 5 nitrogen and oxygen atoms in total. The van der Waals surface area contributed by atoms with E-state index in [2.05, 4.69) is 10.2 Å². The lowest BCUT2D eigenvalue weighted by Crippen LogP contribution is -2.35. The Hall–Kier alpha value is -1.98. The van der Waals surface area contributed by atoms with Crippen LogP contribution in [0.4, 0.5) is 0 Å². The lowest BCUT2D eigenvalue weighted by atomic mass is 10.1. The minimum Gasteiger partial charge on any atom is -0.333 e. The van der Waals surface area contributed by atoms with E-state index in [4.69, 9.17) is 5.73 Å². The maximum absolute atomic E-state index is 12.9. The van der Waals surface area contributed by atoms with E-state index in [1.807, 2.05) is 50.2 Å². The second-order valence-electron chi connectivity index (χ2n) is 5.20. The summed E-state index contributed by atoms with van der Waals surface area (Å²) >= 11 is 0. The minimum absolute atomic E-state index is 0. The fraction of sp³-hybridized carbons (Fsp3) is 0.353. The predicted molar refractivity (Wildman–Crippen MR) is 93.6 cm³/mol. The fourth-order valence-corrected chi connectivity index (χ4v) is 2.34. The number of aromatic nitrogens is 2. The summed E-state index contributed by atoms with van der Waals surface area (Å²) < 4.78 is 0. The van der Waals surface area contributed by atoms with Crippen LogP contribution < -0.4 is 5.73 Å². The number of benzene rings is 1. The molecule has 124 valence electrons. The van der Waals surface area contributed by atoms with Crippen LogP contribution in [0.1, 0.15) is 34.2 Å². The van der Waals surface area contributed by atoms with Gasteiger partial charge in [0, 0.05) is 19.6 Å². The van der Waals surface area contributed by atoms with Gasteiger partial charge in [-0.15, -0.1) is 12.4 Å². The average Bonchev–Trinajstić information content (AvgIpc) is 2.54. The first kappa shape index (κ1) is 19.1. The summed E-state index contributed by atoms with van der Waals surface area (Å²) in [5, 5.41) is 8.18. The summed E-state index contributed by atoms with van der Waals surface area (Å²) in [5.74, 6) is -0.0378. The molecule has 0 aliphatic rings. The van der Waals surface area contributed by atoms with Crippen LogP contribution in [0.5, 0.6) is 0 Å². The van der Waals surface area contributed by atoms with Gasteiger partial charge in [0.25, 0.3) is 5.91 Å².